The molecule has 3 N–H and O–H groups in total. The quantitative estimate of drug-likeness (QED) is 0.588. The maximum Gasteiger partial charge on any atom is 0.321 e. The van der Waals surface area contributed by atoms with Crippen molar-refractivity contribution in [1.82, 2.24) is 0 Å². The molecule has 0 bridgehead atoms. The lowest BCUT2D eigenvalue weighted by atomic mass is 10.2. The van der Waals surface area contributed by atoms with Gasteiger partial charge in [0.2, 0.25) is 0 Å². The normalized spacial score (nSPS) is 12.4. The molecule has 0 saturated carbocycles. The van der Waals surface area contributed by atoms with Crippen LogP contribution in [0.4, 0.5) is 0 Å². The largest absolute Gasteiger partial charge is 0.480 e. The molecule has 17 heavy (non-hydrogen) atoms. The number of hydrogen-bond acceptors (Lipinski definition) is 4. The molecule has 1 aromatic carbocycles. The molecule has 0 aliphatic carbocycles. The zero-order valence-electron chi connectivity index (χ0n) is 9.76. The van der Waals surface area contributed by atoms with Gasteiger partial charge in [-0.3, -0.25) is 4.79 Å². The highest BCUT2D eigenvalue weighted by molar-refractivity contribution is 8.03. The number of nitrogens with two attached hydrogens (primary N) is 1. The molecule has 5 heteroatoms. The Morgan fingerprint density at radius 2 is 2.00 bits per heavy atom. The minimum absolute atomic E-state index is 0.476. The number of rotatable bonds is 7. The molecule has 0 heterocycles. The van der Waals surface area contributed by atoms with Gasteiger partial charge >= 0.3 is 5.97 Å². The number of carboxylic acids is 1. The van der Waals surface area contributed by atoms with Gasteiger partial charge in [0.1, 0.15) is 6.04 Å². The van der Waals surface area contributed by atoms with Crippen LogP contribution in [-0.4, -0.2) is 34.4 Å². The SMILES string of the molecule is Cc1ccc(SCCSCC(N)C(=O)O)cc1. The number of aliphatic carboxylic acids is 1. The standard InChI is InChI=1S/C12H17NO2S2/c1-9-2-4-10(5-3-9)17-7-6-16-8-11(13)12(14)15/h2-5,11H,6-8,13H2,1H3,(H,14,15). The van der Waals surface area contributed by atoms with Gasteiger partial charge in [0.05, 0.1) is 0 Å². The van der Waals surface area contributed by atoms with E-state index in [2.05, 4.69) is 31.2 Å². The Hall–Kier alpha value is -0.650. The monoisotopic (exact) mass is 271 g/mol. The van der Waals surface area contributed by atoms with E-state index in [1.807, 2.05) is 0 Å². The zero-order chi connectivity index (χ0) is 12.7. The molecule has 0 aromatic heterocycles. The van der Waals surface area contributed by atoms with Gasteiger partial charge in [-0.05, 0) is 19.1 Å². The van der Waals surface area contributed by atoms with Crippen LogP contribution in [0.25, 0.3) is 0 Å². The van der Waals surface area contributed by atoms with Gasteiger partial charge in [-0.1, -0.05) is 17.7 Å². The van der Waals surface area contributed by atoms with Crippen LogP contribution in [0.2, 0.25) is 0 Å². The summed E-state index contributed by atoms with van der Waals surface area (Å²) >= 11 is 3.37. The van der Waals surface area contributed by atoms with Crippen LogP contribution in [0.1, 0.15) is 5.56 Å². The Morgan fingerprint density at radius 1 is 1.35 bits per heavy atom. The number of carboxylic acid groups (broad SMARTS) is 1. The van der Waals surface area contributed by atoms with Crippen molar-refractivity contribution >= 4 is 29.5 Å². The van der Waals surface area contributed by atoms with Gasteiger partial charge in [0.15, 0.2) is 0 Å². The molecule has 1 unspecified atom stereocenters. The van der Waals surface area contributed by atoms with E-state index in [0.29, 0.717) is 5.75 Å². The first-order valence-corrected chi connectivity index (χ1v) is 7.49. The lowest BCUT2D eigenvalue weighted by Gasteiger charge is -2.05. The first-order valence-electron chi connectivity index (χ1n) is 5.35. The second-order valence-corrected chi connectivity index (χ2v) is 6.00. The van der Waals surface area contributed by atoms with Gasteiger partial charge in [0, 0.05) is 22.2 Å². The Kier molecular flexibility index (Phi) is 6.47. The molecule has 0 fully saturated rings. The molecule has 94 valence electrons. The number of benzene rings is 1. The van der Waals surface area contributed by atoms with Gasteiger partial charge in [0.25, 0.3) is 0 Å². The van der Waals surface area contributed by atoms with E-state index < -0.39 is 12.0 Å². The summed E-state index contributed by atoms with van der Waals surface area (Å²) in [5, 5.41) is 8.60. The van der Waals surface area contributed by atoms with Crippen molar-refractivity contribution in [2.75, 3.05) is 17.3 Å². The summed E-state index contributed by atoms with van der Waals surface area (Å²) in [4.78, 5) is 11.7. The summed E-state index contributed by atoms with van der Waals surface area (Å²) < 4.78 is 0. The van der Waals surface area contributed by atoms with E-state index in [-0.39, 0.29) is 0 Å². The molecule has 0 aliphatic heterocycles. The lowest BCUT2D eigenvalue weighted by Crippen LogP contribution is -2.32. The van der Waals surface area contributed by atoms with Crippen molar-refractivity contribution in [3.63, 3.8) is 0 Å². The molecule has 0 amide bonds. The second kappa shape index (κ2) is 7.63. The van der Waals surface area contributed by atoms with Crippen molar-refractivity contribution < 1.29 is 9.90 Å². The molecule has 1 aromatic rings. The summed E-state index contributed by atoms with van der Waals surface area (Å²) in [6, 6.07) is 7.65. The maximum atomic E-state index is 10.5. The summed E-state index contributed by atoms with van der Waals surface area (Å²) in [6.07, 6.45) is 0. The van der Waals surface area contributed by atoms with E-state index in [1.54, 1.807) is 23.5 Å². The van der Waals surface area contributed by atoms with Crippen molar-refractivity contribution in [1.29, 1.82) is 0 Å². The summed E-state index contributed by atoms with van der Waals surface area (Å²) in [6.45, 7) is 2.07. The van der Waals surface area contributed by atoms with Crippen LogP contribution in [0.15, 0.2) is 29.2 Å². The Labute approximate surface area is 110 Å². The van der Waals surface area contributed by atoms with E-state index in [9.17, 15) is 4.79 Å². The Balaban J connectivity index is 2.12. The first kappa shape index (κ1) is 14.4. The predicted molar refractivity (Wildman–Crippen MR) is 74.8 cm³/mol. The van der Waals surface area contributed by atoms with E-state index in [4.69, 9.17) is 10.8 Å². The minimum atomic E-state index is -0.927. The van der Waals surface area contributed by atoms with Crippen LogP contribution in [0.5, 0.6) is 0 Å². The average molecular weight is 271 g/mol. The lowest BCUT2D eigenvalue weighted by molar-refractivity contribution is -0.137. The highest BCUT2D eigenvalue weighted by atomic mass is 32.2. The third kappa shape index (κ3) is 6.00. The van der Waals surface area contributed by atoms with Crippen LogP contribution in [0.3, 0.4) is 0 Å². The number of carbonyl (C=O) groups is 1. The molecule has 0 spiro atoms. The highest BCUT2D eigenvalue weighted by Gasteiger charge is 2.10. The molecule has 1 rings (SSSR count). The second-order valence-electron chi connectivity index (χ2n) is 3.68. The molecule has 0 radical (unpaired) electrons. The van der Waals surface area contributed by atoms with Crippen molar-refractivity contribution in [3.8, 4) is 0 Å². The third-order valence-electron chi connectivity index (χ3n) is 2.13. The minimum Gasteiger partial charge on any atom is -0.480 e. The molecular formula is C12H17NO2S2. The highest BCUT2D eigenvalue weighted by Crippen LogP contribution is 2.19. The maximum absolute atomic E-state index is 10.5. The fraction of sp³-hybridized carbons (Fsp3) is 0.417. The molecular weight excluding hydrogens is 254 g/mol. The van der Waals surface area contributed by atoms with Gasteiger partial charge in [-0.2, -0.15) is 11.8 Å². The van der Waals surface area contributed by atoms with Crippen molar-refractivity contribution in [2.45, 2.75) is 17.9 Å². The zero-order valence-corrected chi connectivity index (χ0v) is 11.4. The fourth-order valence-electron chi connectivity index (χ4n) is 1.13. The van der Waals surface area contributed by atoms with Gasteiger partial charge < -0.3 is 10.8 Å². The molecule has 0 saturated heterocycles. The summed E-state index contributed by atoms with van der Waals surface area (Å²) in [5.74, 6) is 1.44. The topological polar surface area (TPSA) is 63.3 Å². The fourth-order valence-corrected chi connectivity index (χ4v) is 3.07. The van der Waals surface area contributed by atoms with Crippen molar-refractivity contribution in [2.24, 2.45) is 5.73 Å². The van der Waals surface area contributed by atoms with Crippen LogP contribution in [0, 0.1) is 6.92 Å². The number of hydrogen-bond donors (Lipinski definition) is 2. The predicted octanol–water partition coefficient (Wildman–Crippen LogP) is 2.23. The third-order valence-corrected chi connectivity index (χ3v) is 4.49. The number of thioether (sulfide) groups is 2. The Morgan fingerprint density at radius 3 is 2.59 bits per heavy atom. The van der Waals surface area contributed by atoms with E-state index in [1.165, 1.54) is 10.5 Å². The molecule has 0 aliphatic rings. The summed E-state index contributed by atoms with van der Waals surface area (Å²) in [5.41, 5.74) is 6.66. The van der Waals surface area contributed by atoms with Crippen LogP contribution >= 0.6 is 23.5 Å². The average Bonchev–Trinajstić information content (AvgIpc) is 2.30. The molecule has 1 atom stereocenters. The first-order chi connectivity index (χ1) is 8.09. The molecule has 3 nitrogen and oxygen atoms in total. The van der Waals surface area contributed by atoms with Crippen LogP contribution in [-0.2, 0) is 4.79 Å². The Bertz CT molecular complexity index is 354. The van der Waals surface area contributed by atoms with E-state index >= 15 is 0 Å². The van der Waals surface area contributed by atoms with Crippen LogP contribution < -0.4 is 5.73 Å². The number of aryl methyl sites for hydroxylation is 1. The summed E-state index contributed by atoms with van der Waals surface area (Å²) in [7, 11) is 0. The van der Waals surface area contributed by atoms with Gasteiger partial charge in [-0.15, -0.1) is 11.8 Å². The smallest absolute Gasteiger partial charge is 0.321 e. The van der Waals surface area contributed by atoms with Crippen molar-refractivity contribution in [3.05, 3.63) is 29.8 Å². The van der Waals surface area contributed by atoms with E-state index in [0.717, 1.165) is 11.5 Å². The van der Waals surface area contributed by atoms with Gasteiger partial charge in [-0.25, -0.2) is 0 Å².